The maximum atomic E-state index is 13.3. The van der Waals surface area contributed by atoms with Crippen molar-refractivity contribution in [3.63, 3.8) is 0 Å². The number of aliphatic hydroxyl groups excluding tert-OH is 1. The van der Waals surface area contributed by atoms with Crippen molar-refractivity contribution in [3.05, 3.63) is 76.6 Å². The topological polar surface area (TPSA) is 103 Å². The zero-order valence-corrected chi connectivity index (χ0v) is 20.6. The number of rotatable bonds is 11. The molecule has 2 heterocycles. The monoisotopic (exact) mass is 499 g/mol. The lowest BCUT2D eigenvalue weighted by atomic mass is 10.1. The first kappa shape index (κ1) is 25.4. The summed E-state index contributed by atoms with van der Waals surface area (Å²) in [5, 5.41) is 10.6. The normalized spacial score (nSPS) is 15.6. The van der Waals surface area contributed by atoms with Gasteiger partial charge >= 0.3 is 0 Å². The smallest absolute Gasteiger partial charge is 0.248 e. The Morgan fingerprint density at radius 1 is 1.06 bits per heavy atom. The van der Waals surface area contributed by atoms with Gasteiger partial charge in [-0.1, -0.05) is 30.3 Å². The summed E-state index contributed by atoms with van der Waals surface area (Å²) < 4.78 is 33.9. The van der Waals surface area contributed by atoms with Crippen molar-refractivity contribution in [2.24, 2.45) is 0 Å². The minimum Gasteiger partial charge on any atom is -0.494 e. The van der Waals surface area contributed by atoms with E-state index in [0.29, 0.717) is 31.8 Å². The summed E-state index contributed by atoms with van der Waals surface area (Å²) in [6.07, 6.45) is 1.58. The second-order valence-electron chi connectivity index (χ2n) is 8.98. The zero-order chi connectivity index (χ0) is 24.7. The van der Waals surface area contributed by atoms with E-state index < -0.39 is 10.0 Å². The first-order chi connectivity index (χ1) is 16.9. The number of nitrogens with zero attached hydrogens (tertiary/aromatic N) is 2. The average molecular weight is 500 g/mol. The van der Waals surface area contributed by atoms with Gasteiger partial charge in [-0.05, 0) is 49.1 Å². The van der Waals surface area contributed by atoms with Crippen LogP contribution >= 0.6 is 0 Å². The first-order valence-corrected chi connectivity index (χ1v) is 13.7. The quantitative estimate of drug-likeness (QED) is 0.393. The van der Waals surface area contributed by atoms with E-state index in [1.165, 1.54) is 6.07 Å². The number of H-pyrrole nitrogens is 1. The van der Waals surface area contributed by atoms with E-state index in [0.717, 1.165) is 42.4 Å². The minimum atomic E-state index is -3.49. The van der Waals surface area contributed by atoms with Gasteiger partial charge in [-0.25, -0.2) is 8.42 Å². The van der Waals surface area contributed by atoms with Gasteiger partial charge in [0, 0.05) is 49.7 Å². The van der Waals surface area contributed by atoms with E-state index in [-0.39, 0.29) is 24.0 Å². The van der Waals surface area contributed by atoms with Crippen LogP contribution in [0.4, 0.5) is 0 Å². The number of pyridine rings is 1. The van der Waals surface area contributed by atoms with Gasteiger partial charge in [0.2, 0.25) is 15.6 Å². The highest BCUT2D eigenvalue weighted by Crippen LogP contribution is 2.19. The molecule has 8 nitrogen and oxygen atoms in total. The third-order valence-electron chi connectivity index (χ3n) is 6.33. The van der Waals surface area contributed by atoms with Crippen molar-refractivity contribution in [3.8, 4) is 5.75 Å². The lowest BCUT2D eigenvalue weighted by Crippen LogP contribution is -2.43. The van der Waals surface area contributed by atoms with Crippen molar-refractivity contribution in [2.75, 3.05) is 38.5 Å². The molecule has 0 spiro atoms. The number of benzene rings is 2. The van der Waals surface area contributed by atoms with Crippen molar-refractivity contribution in [1.29, 1.82) is 0 Å². The minimum absolute atomic E-state index is 0.000547. The number of sulfonamides is 1. The number of piperidine rings is 1. The van der Waals surface area contributed by atoms with Crippen LogP contribution in [-0.4, -0.2) is 72.4 Å². The molecule has 188 valence electrons. The van der Waals surface area contributed by atoms with Gasteiger partial charge in [0.1, 0.15) is 5.75 Å². The number of likely N-dealkylation sites (tertiary alicyclic amines) is 1. The van der Waals surface area contributed by atoms with Crippen LogP contribution in [0.5, 0.6) is 5.75 Å². The second kappa shape index (κ2) is 11.8. The second-order valence-corrected chi connectivity index (χ2v) is 11.1. The molecular formula is C26H33N3O5S. The first-order valence-electron chi connectivity index (χ1n) is 12.1. The summed E-state index contributed by atoms with van der Waals surface area (Å²) in [6, 6.07) is 18.2. The molecule has 4 rings (SSSR count). The standard InChI is InChI=1S/C26H33N3O5S/c30-23-11-13-28(14-12-23)15-16-29(20-21-5-2-1-3-6-21)35(32,33)18-4-17-34-24-8-9-25-22(19-24)7-10-26(31)27-25/h1-3,5-10,19,23,30H,4,11-18,20H2,(H,27,31). The fourth-order valence-corrected chi connectivity index (χ4v) is 5.73. The van der Waals surface area contributed by atoms with Crippen LogP contribution in [0.2, 0.25) is 0 Å². The Morgan fingerprint density at radius 2 is 1.83 bits per heavy atom. The van der Waals surface area contributed by atoms with Gasteiger partial charge in [0.05, 0.1) is 18.5 Å². The number of hydrogen-bond donors (Lipinski definition) is 2. The van der Waals surface area contributed by atoms with E-state index in [4.69, 9.17) is 4.74 Å². The third kappa shape index (κ3) is 7.38. The highest BCUT2D eigenvalue weighted by Gasteiger charge is 2.24. The zero-order valence-electron chi connectivity index (χ0n) is 19.8. The number of ether oxygens (including phenoxy) is 1. The van der Waals surface area contributed by atoms with E-state index in [9.17, 15) is 18.3 Å². The van der Waals surface area contributed by atoms with E-state index in [2.05, 4.69) is 9.88 Å². The van der Waals surface area contributed by atoms with Crippen LogP contribution in [0.3, 0.4) is 0 Å². The Hall–Kier alpha value is -2.72. The summed E-state index contributed by atoms with van der Waals surface area (Å²) in [7, 11) is -3.49. The Morgan fingerprint density at radius 3 is 2.60 bits per heavy atom. The van der Waals surface area contributed by atoms with E-state index in [1.54, 1.807) is 22.5 Å². The predicted molar refractivity (Wildman–Crippen MR) is 137 cm³/mol. The number of aromatic amines is 1. The predicted octanol–water partition coefficient (Wildman–Crippen LogP) is 2.59. The Kier molecular flexibility index (Phi) is 8.56. The molecule has 3 aromatic rings. The molecule has 2 N–H and O–H groups in total. The molecule has 0 saturated carbocycles. The number of hydrogen-bond acceptors (Lipinski definition) is 6. The third-order valence-corrected chi connectivity index (χ3v) is 8.23. The molecular weight excluding hydrogens is 466 g/mol. The molecule has 9 heteroatoms. The van der Waals surface area contributed by atoms with Gasteiger partial charge in [-0.2, -0.15) is 4.31 Å². The molecule has 0 atom stereocenters. The highest BCUT2D eigenvalue weighted by atomic mass is 32.2. The average Bonchev–Trinajstić information content (AvgIpc) is 2.86. The number of nitrogens with one attached hydrogen (secondary N) is 1. The summed E-state index contributed by atoms with van der Waals surface area (Å²) in [6.45, 7) is 3.24. The van der Waals surface area contributed by atoms with Gasteiger partial charge in [0.15, 0.2) is 0 Å². The molecule has 1 saturated heterocycles. The molecule has 0 aliphatic carbocycles. The Bertz CT molecular complexity index is 1250. The van der Waals surface area contributed by atoms with Gasteiger partial charge in [-0.3, -0.25) is 4.79 Å². The molecule has 1 aromatic heterocycles. The molecule has 2 aromatic carbocycles. The summed E-state index contributed by atoms with van der Waals surface area (Å²) >= 11 is 0. The molecule has 0 amide bonds. The Balaban J connectivity index is 1.33. The van der Waals surface area contributed by atoms with Crippen LogP contribution in [0.1, 0.15) is 24.8 Å². The molecule has 1 aliphatic heterocycles. The van der Waals surface area contributed by atoms with Crippen LogP contribution in [0.25, 0.3) is 10.9 Å². The highest BCUT2D eigenvalue weighted by molar-refractivity contribution is 7.89. The van der Waals surface area contributed by atoms with Crippen LogP contribution in [-0.2, 0) is 16.6 Å². The maximum absolute atomic E-state index is 13.3. The molecule has 35 heavy (non-hydrogen) atoms. The lowest BCUT2D eigenvalue weighted by Gasteiger charge is -2.31. The largest absolute Gasteiger partial charge is 0.494 e. The molecule has 0 unspecified atom stereocenters. The summed E-state index contributed by atoms with van der Waals surface area (Å²) in [4.78, 5) is 16.4. The number of fused-ring (bicyclic) bond motifs is 1. The summed E-state index contributed by atoms with van der Waals surface area (Å²) in [5.74, 6) is 0.634. The fourth-order valence-electron chi connectivity index (χ4n) is 4.28. The number of aromatic nitrogens is 1. The molecule has 0 radical (unpaired) electrons. The van der Waals surface area contributed by atoms with Crippen molar-refractivity contribution in [2.45, 2.75) is 31.9 Å². The molecule has 0 bridgehead atoms. The van der Waals surface area contributed by atoms with Crippen LogP contribution in [0, 0.1) is 0 Å². The molecule has 1 aliphatic rings. The molecule has 1 fully saturated rings. The maximum Gasteiger partial charge on any atom is 0.248 e. The van der Waals surface area contributed by atoms with Crippen molar-refractivity contribution in [1.82, 2.24) is 14.2 Å². The van der Waals surface area contributed by atoms with Crippen LogP contribution < -0.4 is 10.3 Å². The van der Waals surface area contributed by atoms with E-state index in [1.807, 2.05) is 36.4 Å². The summed E-state index contributed by atoms with van der Waals surface area (Å²) in [5.41, 5.74) is 1.53. The van der Waals surface area contributed by atoms with Gasteiger partial charge in [0.25, 0.3) is 0 Å². The van der Waals surface area contributed by atoms with Gasteiger partial charge in [-0.15, -0.1) is 0 Å². The van der Waals surface area contributed by atoms with Crippen molar-refractivity contribution < 1.29 is 18.3 Å². The van der Waals surface area contributed by atoms with Crippen molar-refractivity contribution >= 4 is 20.9 Å². The van der Waals surface area contributed by atoms with Crippen LogP contribution in [0.15, 0.2) is 65.5 Å². The van der Waals surface area contributed by atoms with E-state index >= 15 is 0 Å². The number of aliphatic hydroxyl groups is 1. The SMILES string of the molecule is O=c1ccc2cc(OCCCS(=O)(=O)N(CCN3CCC(O)CC3)Cc3ccccc3)ccc2[nH]1. The lowest BCUT2D eigenvalue weighted by molar-refractivity contribution is 0.0803. The Labute approximate surface area is 206 Å². The van der Waals surface area contributed by atoms with Gasteiger partial charge < -0.3 is 19.7 Å². The fraction of sp³-hybridized carbons (Fsp3) is 0.423.